The Morgan fingerprint density at radius 3 is 2.69 bits per heavy atom. The highest BCUT2D eigenvalue weighted by molar-refractivity contribution is 5.61. The Morgan fingerprint density at radius 2 is 2.00 bits per heavy atom. The van der Waals surface area contributed by atoms with E-state index in [-0.39, 0.29) is 6.54 Å². The molecule has 1 aliphatic rings. The number of pyridine rings is 1. The van der Waals surface area contributed by atoms with Crippen LogP contribution in [0.1, 0.15) is 12.6 Å². The average Bonchev–Trinajstić information content (AvgIpc) is 3.27. The standard InChI is InChI=1S/C18H18F4N6O/c1-17(29,18(20,21)22)14-9-28-13(7-25-16(28)8-24-14)11-3-2-4-15(26-11)27-12-6-23-5-10(12)19/h2-4,7-10,12,23,29H,5-6H2,1H3,(H,26,27)/t10-,12-,17-/m0/s1. The van der Waals surface area contributed by atoms with E-state index >= 15 is 0 Å². The number of aliphatic hydroxyl groups is 1. The molecular formula is C18H18F4N6O. The van der Waals surface area contributed by atoms with E-state index in [1.54, 1.807) is 18.2 Å². The van der Waals surface area contributed by atoms with Crippen LogP contribution in [0.4, 0.5) is 23.4 Å². The molecule has 4 heterocycles. The zero-order valence-electron chi connectivity index (χ0n) is 15.3. The van der Waals surface area contributed by atoms with Gasteiger partial charge in [-0.05, 0) is 19.1 Å². The van der Waals surface area contributed by atoms with Crippen LogP contribution in [-0.2, 0) is 5.60 Å². The van der Waals surface area contributed by atoms with Crippen LogP contribution in [-0.4, -0.2) is 55.9 Å². The molecule has 0 spiro atoms. The average molecular weight is 410 g/mol. The van der Waals surface area contributed by atoms with Gasteiger partial charge in [-0.2, -0.15) is 13.2 Å². The molecule has 3 atom stereocenters. The van der Waals surface area contributed by atoms with Gasteiger partial charge >= 0.3 is 6.18 Å². The summed E-state index contributed by atoms with van der Waals surface area (Å²) in [5, 5.41) is 15.9. The van der Waals surface area contributed by atoms with E-state index in [1.165, 1.54) is 10.6 Å². The van der Waals surface area contributed by atoms with Gasteiger partial charge in [-0.25, -0.2) is 14.4 Å². The fraction of sp³-hybridized carbons (Fsp3) is 0.389. The fourth-order valence-electron chi connectivity index (χ4n) is 3.11. The minimum atomic E-state index is -4.89. The number of rotatable bonds is 4. The third kappa shape index (κ3) is 3.51. The number of nitrogens with one attached hydrogen (secondary N) is 2. The predicted octanol–water partition coefficient (Wildman–Crippen LogP) is 2.28. The fourth-order valence-corrected chi connectivity index (χ4v) is 3.11. The summed E-state index contributed by atoms with van der Waals surface area (Å²) in [5.41, 5.74) is -2.56. The first kappa shape index (κ1) is 19.5. The molecule has 0 unspecified atom stereocenters. The number of aromatic nitrogens is 4. The van der Waals surface area contributed by atoms with Crippen molar-refractivity contribution < 1.29 is 22.7 Å². The zero-order chi connectivity index (χ0) is 20.8. The highest BCUT2D eigenvalue weighted by Gasteiger charge is 2.52. The van der Waals surface area contributed by atoms with Crippen LogP contribution in [0.5, 0.6) is 0 Å². The molecule has 0 radical (unpaired) electrons. The van der Waals surface area contributed by atoms with Crippen molar-refractivity contribution in [2.75, 3.05) is 18.4 Å². The summed E-state index contributed by atoms with van der Waals surface area (Å²) in [4.78, 5) is 12.3. The summed E-state index contributed by atoms with van der Waals surface area (Å²) in [6, 6.07) is 4.63. The van der Waals surface area contributed by atoms with Gasteiger partial charge in [0.2, 0.25) is 5.60 Å². The Balaban J connectivity index is 1.71. The van der Waals surface area contributed by atoms with Crippen LogP contribution in [0.2, 0.25) is 0 Å². The molecule has 11 heteroatoms. The quantitative estimate of drug-likeness (QED) is 0.572. The van der Waals surface area contributed by atoms with Gasteiger partial charge in [0.1, 0.15) is 12.0 Å². The summed E-state index contributed by atoms with van der Waals surface area (Å²) >= 11 is 0. The van der Waals surface area contributed by atoms with Crippen molar-refractivity contribution in [2.24, 2.45) is 0 Å². The number of halogens is 4. The Bertz CT molecular complexity index is 1030. The molecule has 0 saturated carbocycles. The lowest BCUT2D eigenvalue weighted by Crippen LogP contribution is -2.40. The first-order valence-electron chi connectivity index (χ1n) is 8.88. The van der Waals surface area contributed by atoms with Crippen LogP contribution < -0.4 is 10.6 Å². The Morgan fingerprint density at radius 1 is 1.21 bits per heavy atom. The van der Waals surface area contributed by atoms with E-state index in [9.17, 15) is 22.7 Å². The van der Waals surface area contributed by atoms with Crippen LogP contribution in [0, 0.1) is 0 Å². The molecule has 1 fully saturated rings. The minimum Gasteiger partial charge on any atom is -0.375 e. The maximum atomic E-state index is 13.8. The first-order chi connectivity index (χ1) is 13.7. The van der Waals surface area contributed by atoms with Crippen molar-refractivity contribution in [3.05, 3.63) is 42.5 Å². The number of hydrogen-bond acceptors (Lipinski definition) is 6. The molecule has 0 aromatic carbocycles. The molecule has 154 valence electrons. The van der Waals surface area contributed by atoms with Crippen LogP contribution in [0.25, 0.3) is 17.0 Å². The highest BCUT2D eigenvalue weighted by Crippen LogP contribution is 2.37. The number of anilines is 1. The minimum absolute atomic E-state index is 0.263. The van der Waals surface area contributed by atoms with Gasteiger partial charge in [0, 0.05) is 19.3 Å². The smallest absolute Gasteiger partial charge is 0.375 e. The summed E-state index contributed by atoms with van der Waals surface area (Å²) < 4.78 is 54.7. The molecule has 1 saturated heterocycles. The van der Waals surface area contributed by atoms with E-state index in [1.807, 2.05) is 0 Å². The molecule has 3 aromatic heterocycles. The Hall–Kier alpha value is -2.79. The molecule has 4 rings (SSSR count). The molecule has 29 heavy (non-hydrogen) atoms. The topological polar surface area (TPSA) is 87.4 Å². The van der Waals surface area contributed by atoms with Crippen molar-refractivity contribution in [1.82, 2.24) is 24.7 Å². The van der Waals surface area contributed by atoms with Crippen LogP contribution in [0.3, 0.4) is 0 Å². The number of hydrogen-bond donors (Lipinski definition) is 3. The Kier molecular flexibility index (Phi) is 4.66. The lowest BCUT2D eigenvalue weighted by atomic mass is 10.0. The second-order valence-corrected chi connectivity index (χ2v) is 7.05. The van der Waals surface area contributed by atoms with Crippen molar-refractivity contribution in [3.63, 3.8) is 0 Å². The summed E-state index contributed by atoms with van der Waals surface area (Å²) in [6.45, 7) is 1.37. The third-order valence-corrected chi connectivity index (χ3v) is 4.93. The van der Waals surface area contributed by atoms with E-state index in [4.69, 9.17) is 0 Å². The second-order valence-electron chi connectivity index (χ2n) is 7.05. The van der Waals surface area contributed by atoms with Crippen LogP contribution in [0.15, 0.2) is 36.8 Å². The lowest BCUT2D eigenvalue weighted by molar-refractivity contribution is -0.260. The van der Waals surface area contributed by atoms with Crippen molar-refractivity contribution in [2.45, 2.75) is 30.9 Å². The Labute approximate surface area is 162 Å². The maximum absolute atomic E-state index is 13.8. The summed E-state index contributed by atoms with van der Waals surface area (Å²) in [7, 11) is 0. The van der Waals surface area contributed by atoms with E-state index < -0.39 is 29.7 Å². The van der Waals surface area contributed by atoms with Gasteiger partial charge in [-0.3, -0.25) is 9.38 Å². The normalized spacial score (nSPS) is 22.0. The van der Waals surface area contributed by atoms with Gasteiger partial charge < -0.3 is 15.7 Å². The van der Waals surface area contributed by atoms with Gasteiger partial charge in [-0.15, -0.1) is 0 Å². The van der Waals surface area contributed by atoms with E-state index in [2.05, 4.69) is 25.6 Å². The molecule has 0 bridgehead atoms. The molecule has 3 N–H and O–H groups in total. The van der Waals surface area contributed by atoms with E-state index in [0.29, 0.717) is 36.3 Å². The monoisotopic (exact) mass is 410 g/mol. The van der Waals surface area contributed by atoms with Gasteiger partial charge in [-0.1, -0.05) is 6.07 Å². The molecule has 0 aliphatic carbocycles. The lowest BCUT2D eigenvalue weighted by Gasteiger charge is -2.25. The third-order valence-electron chi connectivity index (χ3n) is 4.93. The number of alkyl halides is 4. The summed E-state index contributed by atoms with van der Waals surface area (Å²) in [5.74, 6) is 0.436. The SMILES string of the molecule is C[C@](O)(c1cn2c(-c3cccc(N[C@H]4CNC[C@@H]4F)n3)cnc2cn1)C(F)(F)F. The van der Waals surface area contributed by atoms with Crippen molar-refractivity contribution in [1.29, 1.82) is 0 Å². The van der Waals surface area contributed by atoms with Crippen molar-refractivity contribution >= 4 is 11.5 Å². The second kappa shape index (κ2) is 6.92. The molecule has 0 amide bonds. The maximum Gasteiger partial charge on any atom is 0.422 e. The van der Waals surface area contributed by atoms with Gasteiger partial charge in [0.15, 0.2) is 5.65 Å². The molecular weight excluding hydrogens is 392 g/mol. The highest BCUT2D eigenvalue weighted by atomic mass is 19.4. The molecule has 1 aliphatic heterocycles. The predicted molar refractivity (Wildman–Crippen MR) is 97.0 cm³/mol. The molecule has 7 nitrogen and oxygen atoms in total. The first-order valence-corrected chi connectivity index (χ1v) is 8.88. The zero-order valence-corrected chi connectivity index (χ0v) is 15.3. The van der Waals surface area contributed by atoms with Crippen LogP contribution >= 0.6 is 0 Å². The van der Waals surface area contributed by atoms with Gasteiger partial charge in [0.25, 0.3) is 0 Å². The van der Waals surface area contributed by atoms with Gasteiger partial charge in [0.05, 0.1) is 35.5 Å². The number of imidazole rings is 1. The number of fused-ring (bicyclic) bond motifs is 1. The molecule has 3 aromatic rings. The summed E-state index contributed by atoms with van der Waals surface area (Å²) in [6.07, 6.45) is -2.25. The van der Waals surface area contributed by atoms with Crippen molar-refractivity contribution in [3.8, 4) is 11.4 Å². The largest absolute Gasteiger partial charge is 0.422 e. The van der Waals surface area contributed by atoms with E-state index in [0.717, 1.165) is 12.4 Å². The number of nitrogens with zero attached hydrogens (tertiary/aromatic N) is 4.